The second-order valence-corrected chi connectivity index (χ2v) is 4.73. The number of nitrogens with zero attached hydrogens (tertiary/aromatic N) is 2. The number of halogens is 2. The predicted octanol–water partition coefficient (Wildman–Crippen LogP) is 2.81. The third-order valence-electron chi connectivity index (χ3n) is 3.11. The third-order valence-corrected chi connectivity index (χ3v) is 3.11. The highest BCUT2D eigenvalue weighted by Gasteiger charge is 2.06. The van der Waals surface area contributed by atoms with Gasteiger partial charge >= 0.3 is 0 Å². The predicted molar refractivity (Wildman–Crippen MR) is 79.0 cm³/mol. The zero-order valence-electron chi connectivity index (χ0n) is 12.4. The molecule has 1 N–H and O–H groups in total. The van der Waals surface area contributed by atoms with Crippen LogP contribution in [0.1, 0.15) is 25.3 Å². The summed E-state index contributed by atoms with van der Waals surface area (Å²) in [6.07, 6.45) is 2.72. The largest absolute Gasteiger partial charge is 0.356 e. The average molecular weight is 283 g/mol. The van der Waals surface area contributed by atoms with Crippen molar-refractivity contribution in [2.45, 2.75) is 26.2 Å². The average Bonchev–Trinajstić information content (AvgIpc) is 2.43. The van der Waals surface area contributed by atoms with Crippen LogP contribution in [0.3, 0.4) is 0 Å². The number of hydrogen-bond acceptors (Lipinski definition) is 1. The molecule has 5 heteroatoms. The highest BCUT2D eigenvalue weighted by atomic mass is 19.1. The summed E-state index contributed by atoms with van der Waals surface area (Å²) < 4.78 is 26.3. The molecule has 0 bridgehead atoms. The number of rotatable bonds is 6. The van der Waals surface area contributed by atoms with Crippen molar-refractivity contribution in [3.63, 3.8) is 0 Å². The van der Waals surface area contributed by atoms with E-state index < -0.39 is 11.6 Å². The van der Waals surface area contributed by atoms with Gasteiger partial charge in [-0.3, -0.25) is 4.99 Å². The topological polar surface area (TPSA) is 27.6 Å². The van der Waals surface area contributed by atoms with Crippen LogP contribution in [0.2, 0.25) is 0 Å². The maximum absolute atomic E-state index is 13.5. The summed E-state index contributed by atoms with van der Waals surface area (Å²) in [6, 6.07) is 3.67. The Labute approximate surface area is 119 Å². The van der Waals surface area contributed by atoms with Gasteiger partial charge in [-0.05, 0) is 24.5 Å². The van der Waals surface area contributed by atoms with E-state index in [2.05, 4.69) is 17.2 Å². The second kappa shape index (κ2) is 8.51. The molecular formula is C15H23F2N3. The summed E-state index contributed by atoms with van der Waals surface area (Å²) in [7, 11) is 3.70. The Morgan fingerprint density at radius 2 is 2.10 bits per heavy atom. The molecule has 0 saturated heterocycles. The smallest absolute Gasteiger partial charge is 0.193 e. The molecule has 0 amide bonds. The summed E-state index contributed by atoms with van der Waals surface area (Å²) in [5.41, 5.74) is 0.505. The molecule has 1 aromatic rings. The molecule has 0 aliphatic carbocycles. The van der Waals surface area contributed by atoms with Crippen LogP contribution >= 0.6 is 0 Å². The van der Waals surface area contributed by atoms with Crippen LogP contribution in [0.25, 0.3) is 0 Å². The SMILES string of the molecule is CCCCN(C)C(=NC)NCCc1ccc(F)cc1F. The van der Waals surface area contributed by atoms with Gasteiger partial charge in [-0.1, -0.05) is 19.4 Å². The molecular weight excluding hydrogens is 260 g/mol. The molecule has 0 saturated carbocycles. The van der Waals surface area contributed by atoms with Crippen molar-refractivity contribution in [3.05, 3.63) is 35.4 Å². The van der Waals surface area contributed by atoms with Gasteiger partial charge < -0.3 is 10.2 Å². The summed E-state index contributed by atoms with van der Waals surface area (Å²) in [6.45, 7) is 3.63. The molecule has 0 aliphatic heterocycles. The van der Waals surface area contributed by atoms with Crippen molar-refractivity contribution in [3.8, 4) is 0 Å². The van der Waals surface area contributed by atoms with E-state index in [1.165, 1.54) is 12.1 Å². The molecule has 0 fully saturated rings. The maximum atomic E-state index is 13.5. The van der Waals surface area contributed by atoms with Crippen LogP contribution in [0.4, 0.5) is 8.78 Å². The first-order valence-electron chi connectivity index (χ1n) is 6.94. The van der Waals surface area contributed by atoms with E-state index in [4.69, 9.17) is 0 Å². The van der Waals surface area contributed by atoms with Crippen LogP contribution in [0.15, 0.2) is 23.2 Å². The van der Waals surface area contributed by atoms with Crippen LogP contribution in [-0.4, -0.2) is 38.0 Å². The van der Waals surface area contributed by atoms with Gasteiger partial charge in [0.15, 0.2) is 5.96 Å². The molecule has 1 rings (SSSR count). The van der Waals surface area contributed by atoms with E-state index >= 15 is 0 Å². The fourth-order valence-electron chi connectivity index (χ4n) is 1.92. The van der Waals surface area contributed by atoms with Crippen molar-refractivity contribution >= 4 is 5.96 Å². The molecule has 0 radical (unpaired) electrons. The zero-order chi connectivity index (χ0) is 15.0. The lowest BCUT2D eigenvalue weighted by atomic mass is 10.1. The lowest BCUT2D eigenvalue weighted by molar-refractivity contribution is 0.465. The molecule has 3 nitrogen and oxygen atoms in total. The second-order valence-electron chi connectivity index (χ2n) is 4.73. The molecule has 1 aromatic carbocycles. The Morgan fingerprint density at radius 1 is 1.35 bits per heavy atom. The minimum absolute atomic E-state index is 0.493. The van der Waals surface area contributed by atoms with E-state index in [1.807, 2.05) is 11.9 Å². The van der Waals surface area contributed by atoms with Gasteiger partial charge in [-0.25, -0.2) is 8.78 Å². The highest BCUT2D eigenvalue weighted by molar-refractivity contribution is 5.79. The minimum Gasteiger partial charge on any atom is -0.356 e. The Balaban J connectivity index is 2.45. The molecule has 0 aliphatic rings. The molecule has 0 spiro atoms. The number of benzene rings is 1. The highest BCUT2D eigenvalue weighted by Crippen LogP contribution is 2.09. The number of aliphatic imine (C=N–C) groups is 1. The number of nitrogens with one attached hydrogen (secondary N) is 1. The monoisotopic (exact) mass is 283 g/mol. The number of unbranched alkanes of at least 4 members (excludes halogenated alkanes) is 1. The van der Waals surface area contributed by atoms with Crippen molar-refractivity contribution in [2.75, 3.05) is 27.2 Å². The van der Waals surface area contributed by atoms with E-state index in [0.717, 1.165) is 31.4 Å². The fraction of sp³-hybridized carbons (Fsp3) is 0.533. The Kier molecular flexibility index (Phi) is 6.98. The van der Waals surface area contributed by atoms with Crippen LogP contribution in [0.5, 0.6) is 0 Å². The first-order valence-corrected chi connectivity index (χ1v) is 6.94. The Morgan fingerprint density at radius 3 is 2.70 bits per heavy atom. The summed E-state index contributed by atoms with van der Waals surface area (Å²) >= 11 is 0. The van der Waals surface area contributed by atoms with Crippen molar-refractivity contribution < 1.29 is 8.78 Å². The first-order chi connectivity index (χ1) is 9.58. The number of guanidine groups is 1. The van der Waals surface area contributed by atoms with E-state index in [-0.39, 0.29) is 0 Å². The van der Waals surface area contributed by atoms with Crippen molar-refractivity contribution in [1.29, 1.82) is 0 Å². The zero-order valence-corrected chi connectivity index (χ0v) is 12.4. The first kappa shape index (κ1) is 16.4. The summed E-state index contributed by atoms with van der Waals surface area (Å²) in [5, 5.41) is 3.18. The van der Waals surface area contributed by atoms with E-state index in [1.54, 1.807) is 7.05 Å². The quantitative estimate of drug-likeness (QED) is 0.642. The summed E-state index contributed by atoms with van der Waals surface area (Å²) in [4.78, 5) is 6.23. The van der Waals surface area contributed by atoms with Gasteiger partial charge in [-0.15, -0.1) is 0 Å². The van der Waals surface area contributed by atoms with Crippen LogP contribution in [0, 0.1) is 11.6 Å². The van der Waals surface area contributed by atoms with Gasteiger partial charge in [0.25, 0.3) is 0 Å². The Hall–Kier alpha value is -1.65. The van der Waals surface area contributed by atoms with Gasteiger partial charge in [0.05, 0.1) is 0 Å². The molecule has 20 heavy (non-hydrogen) atoms. The normalized spacial score (nSPS) is 11.6. The molecule has 112 valence electrons. The minimum atomic E-state index is -0.547. The van der Waals surface area contributed by atoms with Crippen LogP contribution < -0.4 is 5.32 Å². The molecule has 0 atom stereocenters. The van der Waals surface area contributed by atoms with Gasteiger partial charge in [0.2, 0.25) is 0 Å². The van der Waals surface area contributed by atoms with Gasteiger partial charge in [0, 0.05) is 33.3 Å². The van der Waals surface area contributed by atoms with E-state index in [0.29, 0.717) is 18.5 Å². The Bertz CT molecular complexity index is 447. The number of hydrogen-bond donors (Lipinski definition) is 1. The summed E-state index contributed by atoms with van der Waals surface area (Å²) in [5.74, 6) is -0.253. The fourth-order valence-corrected chi connectivity index (χ4v) is 1.92. The lowest BCUT2D eigenvalue weighted by Gasteiger charge is -2.21. The third kappa shape index (κ3) is 5.15. The molecule has 0 unspecified atom stereocenters. The van der Waals surface area contributed by atoms with Crippen molar-refractivity contribution in [1.82, 2.24) is 10.2 Å². The maximum Gasteiger partial charge on any atom is 0.193 e. The van der Waals surface area contributed by atoms with Crippen molar-refractivity contribution in [2.24, 2.45) is 4.99 Å². The van der Waals surface area contributed by atoms with Crippen LogP contribution in [-0.2, 0) is 6.42 Å². The standard InChI is InChI=1S/C15H23F2N3/c1-4-5-10-20(3)15(18-2)19-9-8-12-6-7-13(16)11-14(12)17/h6-7,11H,4-5,8-10H2,1-3H3,(H,18,19). The van der Waals surface area contributed by atoms with Gasteiger partial charge in [-0.2, -0.15) is 0 Å². The van der Waals surface area contributed by atoms with E-state index in [9.17, 15) is 8.78 Å². The molecule has 0 heterocycles. The molecule has 0 aromatic heterocycles. The van der Waals surface area contributed by atoms with Gasteiger partial charge in [0.1, 0.15) is 11.6 Å². The lowest BCUT2D eigenvalue weighted by Crippen LogP contribution is -2.40.